The summed E-state index contributed by atoms with van der Waals surface area (Å²) >= 11 is 12.0. The average molecular weight is 313 g/mol. The van der Waals surface area contributed by atoms with Crippen molar-refractivity contribution in [1.29, 1.82) is 0 Å². The minimum atomic E-state index is -0.0372. The zero-order valence-electron chi connectivity index (χ0n) is 11.5. The molecule has 2 aromatic rings. The Balaban J connectivity index is 2.23. The van der Waals surface area contributed by atoms with E-state index in [4.69, 9.17) is 29.0 Å². The number of nitrogens with one attached hydrogen (secondary N) is 1. The molecule has 0 fully saturated rings. The third kappa shape index (κ3) is 3.33. The van der Waals surface area contributed by atoms with Crippen LogP contribution in [0, 0.1) is 0 Å². The number of halogens is 2. The summed E-state index contributed by atoms with van der Waals surface area (Å²) in [6.07, 6.45) is 1.65. The van der Waals surface area contributed by atoms with Crippen molar-refractivity contribution in [2.45, 2.75) is 25.8 Å². The van der Waals surface area contributed by atoms with Crippen LogP contribution in [0.4, 0.5) is 0 Å². The van der Waals surface area contributed by atoms with Crippen LogP contribution >= 0.6 is 23.2 Å². The van der Waals surface area contributed by atoms with Gasteiger partial charge in [0.25, 0.3) is 0 Å². The van der Waals surface area contributed by atoms with E-state index >= 15 is 0 Å². The number of aryl methyl sites for hydroxylation is 2. The summed E-state index contributed by atoms with van der Waals surface area (Å²) in [5.41, 5.74) is 6.02. The summed E-state index contributed by atoms with van der Waals surface area (Å²) in [6, 6.07) is 7.61. The molecule has 1 aromatic heterocycles. The van der Waals surface area contributed by atoms with Crippen LogP contribution in [-0.4, -0.2) is 9.78 Å². The normalized spacial score (nSPS) is 12.7. The first-order valence-electron chi connectivity index (χ1n) is 6.48. The van der Waals surface area contributed by atoms with Crippen LogP contribution in [0.3, 0.4) is 0 Å². The molecule has 0 spiro atoms. The van der Waals surface area contributed by atoms with Gasteiger partial charge in [-0.15, -0.1) is 0 Å². The summed E-state index contributed by atoms with van der Waals surface area (Å²) in [5, 5.41) is 5.52. The van der Waals surface area contributed by atoms with E-state index in [9.17, 15) is 0 Å². The van der Waals surface area contributed by atoms with Gasteiger partial charge in [0.15, 0.2) is 0 Å². The van der Waals surface area contributed by atoms with Crippen molar-refractivity contribution >= 4 is 23.2 Å². The molecule has 108 valence electrons. The molecule has 0 bridgehead atoms. The van der Waals surface area contributed by atoms with E-state index in [0.717, 1.165) is 29.8 Å². The van der Waals surface area contributed by atoms with E-state index < -0.39 is 0 Å². The number of nitrogens with two attached hydrogens (primary N) is 1. The van der Waals surface area contributed by atoms with E-state index in [1.807, 2.05) is 23.9 Å². The van der Waals surface area contributed by atoms with Gasteiger partial charge in [0.05, 0.1) is 21.8 Å². The number of hydrogen-bond acceptors (Lipinski definition) is 3. The van der Waals surface area contributed by atoms with Gasteiger partial charge in [0.1, 0.15) is 0 Å². The lowest BCUT2D eigenvalue weighted by Gasteiger charge is -2.17. The van der Waals surface area contributed by atoms with Gasteiger partial charge in [0.2, 0.25) is 0 Å². The van der Waals surface area contributed by atoms with Gasteiger partial charge in [0, 0.05) is 19.2 Å². The monoisotopic (exact) mass is 312 g/mol. The molecule has 6 heteroatoms. The van der Waals surface area contributed by atoms with Crippen LogP contribution in [0.1, 0.15) is 29.9 Å². The van der Waals surface area contributed by atoms with Crippen molar-refractivity contribution in [3.63, 3.8) is 0 Å². The highest BCUT2D eigenvalue weighted by Gasteiger charge is 2.15. The second kappa shape index (κ2) is 6.59. The van der Waals surface area contributed by atoms with Crippen LogP contribution in [0.2, 0.25) is 10.0 Å². The molecule has 1 unspecified atom stereocenters. The van der Waals surface area contributed by atoms with Crippen molar-refractivity contribution in [2.75, 3.05) is 0 Å². The zero-order valence-corrected chi connectivity index (χ0v) is 13.0. The molecule has 0 aliphatic heterocycles. The number of aromatic nitrogens is 2. The predicted molar refractivity (Wildman–Crippen MR) is 82.8 cm³/mol. The fourth-order valence-corrected chi connectivity index (χ4v) is 2.45. The minimum absolute atomic E-state index is 0.0372. The quantitative estimate of drug-likeness (QED) is 0.659. The average Bonchev–Trinajstić information content (AvgIpc) is 2.80. The van der Waals surface area contributed by atoms with E-state index in [1.54, 1.807) is 6.07 Å². The van der Waals surface area contributed by atoms with Crippen molar-refractivity contribution < 1.29 is 0 Å². The Morgan fingerprint density at radius 3 is 2.60 bits per heavy atom. The van der Waals surface area contributed by atoms with Gasteiger partial charge < -0.3 is 0 Å². The predicted octanol–water partition coefficient (Wildman–Crippen LogP) is 3.04. The van der Waals surface area contributed by atoms with Crippen LogP contribution in [0.15, 0.2) is 24.3 Å². The standard InChI is InChI=1S/C14H18Cl2N4/c1-3-10-7-11(20(2)19-10)8-14(18-17)9-4-5-12(15)13(16)6-9/h4-7,14,18H,3,8,17H2,1-2H3. The molecule has 0 aliphatic carbocycles. The molecule has 20 heavy (non-hydrogen) atoms. The number of rotatable bonds is 5. The third-order valence-corrected chi connectivity index (χ3v) is 4.09. The first-order chi connectivity index (χ1) is 9.55. The second-order valence-electron chi connectivity index (χ2n) is 4.70. The van der Waals surface area contributed by atoms with Crippen molar-refractivity contribution in [1.82, 2.24) is 15.2 Å². The molecule has 0 saturated heterocycles. The second-order valence-corrected chi connectivity index (χ2v) is 5.52. The molecule has 4 nitrogen and oxygen atoms in total. The Hall–Kier alpha value is -1.07. The Labute approximate surface area is 128 Å². The van der Waals surface area contributed by atoms with Gasteiger partial charge in [-0.2, -0.15) is 5.10 Å². The van der Waals surface area contributed by atoms with Crippen LogP contribution in [0.5, 0.6) is 0 Å². The lowest BCUT2D eigenvalue weighted by Crippen LogP contribution is -2.30. The Bertz CT molecular complexity index is 595. The van der Waals surface area contributed by atoms with Gasteiger partial charge in [-0.1, -0.05) is 36.2 Å². The number of hydrogen-bond donors (Lipinski definition) is 2. The number of benzene rings is 1. The van der Waals surface area contributed by atoms with Gasteiger partial charge in [-0.05, 0) is 30.2 Å². The van der Waals surface area contributed by atoms with Gasteiger partial charge in [-0.25, -0.2) is 0 Å². The lowest BCUT2D eigenvalue weighted by molar-refractivity contribution is 0.530. The van der Waals surface area contributed by atoms with Gasteiger partial charge in [-0.3, -0.25) is 16.0 Å². The van der Waals surface area contributed by atoms with Crippen molar-refractivity contribution in [2.24, 2.45) is 12.9 Å². The first-order valence-corrected chi connectivity index (χ1v) is 7.23. The molecule has 1 heterocycles. The summed E-state index contributed by atoms with van der Waals surface area (Å²) in [6.45, 7) is 2.09. The van der Waals surface area contributed by atoms with Crippen molar-refractivity contribution in [3.05, 3.63) is 51.3 Å². The maximum atomic E-state index is 6.06. The van der Waals surface area contributed by atoms with Crippen LogP contribution in [0.25, 0.3) is 0 Å². The number of nitrogens with zero attached hydrogens (tertiary/aromatic N) is 2. The minimum Gasteiger partial charge on any atom is -0.272 e. The molecule has 1 aromatic carbocycles. The topological polar surface area (TPSA) is 55.9 Å². The number of hydrazine groups is 1. The maximum absolute atomic E-state index is 6.06. The van der Waals surface area contributed by atoms with E-state index in [0.29, 0.717) is 10.0 Å². The molecule has 0 saturated carbocycles. The molecule has 3 N–H and O–H groups in total. The van der Waals surface area contributed by atoms with E-state index in [2.05, 4.69) is 23.5 Å². The third-order valence-electron chi connectivity index (χ3n) is 3.35. The molecule has 0 radical (unpaired) electrons. The molecular formula is C14H18Cl2N4. The fraction of sp³-hybridized carbons (Fsp3) is 0.357. The Kier molecular flexibility index (Phi) is 5.05. The summed E-state index contributed by atoms with van der Waals surface area (Å²) in [7, 11) is 1.94. The van der Waals surface area contributed by atoms with Crippen molar-refractivity contribution in [3.8, 4) is 0 Å². The highest BCUT2D eigenvalue weighted by Crippen LogP contribution is 2.27. The largest absolute Gasteiger partial charge is 0.272 e. The highest BCUT2D eigenvalue weighted by molar-refractivity contribution is 6.42. The Morgan fingerprint density at radius 2 is 2.05 bits per heavy atom. The van der Waals surface area contributed by atoms with Gasteiger partial charge >= 0.3 is 0 Å². The first kappa shape index (κ1) is 15.3. The Morgan fingerprint density at radius 1 is 1.30 bits per heavy atom. The zero-order chi connectivity index (χ0) is 14.7. The fourth-order valence-electron chi connectivity index (χ4n) is 2.15. The highest BCUT2D eigenvalue weighted by atomic mass is 35.5. The molecular weight excluding hydrogens is 295 g/mol. The summed E-state index contributed by atoms with van der Waals surface area (Å²) in [5.74, 6) is 5.67. The molecule has 2 rings (SSSR count). The molecule has 0 aliphatic rings. The lowest BCUT2D eigenvalue weighted by atomic mass is 10.0. The summed E-state index contributed by atoms with van der Waals surface area (Å²) in [4.78, 5) is 0. The smallest absolute Gasteiger partial charge is 0.0624 e. The van der Waals surface area contributed by atoms with E-state index in [-0.39, 0.29) is 6.04 Å². The SMILES string of the molecule is CCc1cc(CC(NN)c2ccc(Cl)c(Cl)c2)n(C)n1. The molecule has 1 atom stereocenters. The maximum Gasteiger partial charge on any atom is 0.0624 e. The summed E-state index contributed by atoms with van der Waals surface area (Å²) < 4.78 is 1.89. The van der Waals surface area contributed by atoms with E-state index in [1.165, 1.54) is 0 Å². The van der Waals surface area contributed by atoms with Crippen LogP contribution in [-0.2, 0) is 19.9 Å². The van der Waals surface area contributed by atoms with Crippen LogP contribution < -0.4 is 11.3 Å². The molecule has 0 amide bonds.